The number of hydrogen-bond donors (Lipinski definition) is 0. The van der Waals surface area contributed by atoms with Gasteiger partial charge in [-0.25, -0.2) is 0 Å². The maximum Gasteiger partial charge on any atom is 0.152 e. The van der Waals surface area contributed by atoms with E-state index in [4.69, 9.17) is 0 Å². The molecule has 0 fully saturated rings. The Morgan fingerprint density at radius 3 is 2.68 bits per heavy atom. The predicted molar refractivity (Wildman–Crippen MR) is 81.3 cm³/mol. The van der Waals surface area contributed by atoms with E-state index in [-0.39, 0.29) is 5.78 Å². The van der Waals surface area contributed by atoms with Gasteiger partial charge in [0.05, 0.1) is 0 Å². The number of hydrogen-bond acceptors (Lipinski definition) is 1. The van der Waals surface area contributed by atoms with Crippen molar-refractivity contribution in [3.05, 3.63) is 41.6 Å². The van der Waals surface area contributed by atoms with Gasteiger partial charge in [0.1, 0.15) is 0 Å². The Morgan fingerprint density at radius 2 is 2.05 bits per heavy atom. The third kappa shape index (κ3) is 2.48. The lowest BCUT2D eigenvalue weighted by Crippen LogP contribution is -2.02. The highest BCUT2D eigenvalue weighted by atomic mass is 16.1. The van der Waals surface area contributed by atoms with Gasteiger partial charge < -0.3 is 4.57 Å². The summed E-state index contributed by atoms with van der Waals surface area (Å²) in [5, 5.41) is 1.22. The van der Waals surface area contributed by atoms with E-state index in [0.29, 0.717) is 5.92 Å². The fourth-order valence-electron chi connectivity index (χ4n) is 2.61. The zero-order chi connectivity index (χ0) is 14.0. The minimum absolute atomic E-state index is 0.0861. The van der Waals surface area contributed by atoms with E-state index in [9.17, 15) is 4.79 Å². The number of rotatable bonds is 4. The first-order valence-electron chi connectivity index (χ1n) is 6.82. The maximum absolute atomic E-state index is 11.2. The van der Waals surface area contributed by atoms with Gasteiger partial charge >= 0.3 is 0 Å². The highest BCUT2D eigenvalue weighted by molar-refractivity contribution is 5.97. The van der Waals surface area contributed by atoms with Crippen LogP contribution in [0.3, 0.4) is 0 Å². The molecule has 1 aromatic carbocycles. The molecule has 0 aliphatic carbocycles. The quantitative estimate of drug-likeness (QED) is 0.747. The molecule has 0 saturated carbocycles. The normalized spacial score (nSPS) is 13.3. The molecule has 2 aromatic rings. The molecule has 1 heterocycles. The largest absolute Gasteiger partial charge is 0.347 e. The molecule has 0 radical (unpaired) electrons. The van der Waals surface area contributed by atoms with E-state index >= 15 is 0 Å². The molecule has 1 unspecified atom stereocenters. The third-order valence-corrected chi connectivity index (χ3v) is 3.76. The van der Waals surface area contributed by atoms with Gasteiger partial charge in [0.25, 0.3) is 0 Å². The van der Waals surface area contributed by atoms with Gasteiger partial charge in [-0.3, -0.25) is 4.79 Å². The van der Waals surface area contributed by atoms with Gasteiger partial charge in [0, 0.05) is 29.2 Å². The summed E-state index contributed by atoms with van der Waals surface area (Å²) in [6.45, 7) is 6.02. The highest BCUT2D eigenvalue weighted by Gasteiger charge is 2.16. The molecule has 0 aliphatic rings. The van der Waals surface area contributed by atoms with Gasteiger partial charge in [-0.2, -0.15) is 0 Å². The fourth-order valence-corrected chi connectivity index (χ4v) is 2.61. The van der Waals surface area contributed by atoms with Crippen molar-refractivity contribution >= 4 is 22.8 Å². The van der Waals surface area contributed by atoms with Gasteiger partial charge in [0.2, 0.25) is 0 Å². The first-order chi connectivity index (χ1) is 9.06. The molecule has 0 aliphatic heterocycles. The van der Waals surface area contributed by atoms with E-state index in [1.807, 2.05) is 12.1 Å². The Morgan fingerprint density at radius 1 is 1.37 bits per heavy atom. The van der Waals surface area contributed by atoms with Crippen LogP contribution in [-0.2, 0) is 11.8 Å². The van der Waals surface area contributed by atoms with Crippen LogP contribution in [0.25, 0.3) is 17.0 Å². The van der Waals surface area contributed by atoms with Gasteiger partial charge in [0.15, 0.2) is 5.78 Å². The number of fused-ring (bicyclic) bond motifs is 1. The van der Waals surface area contributed by atoms with Crippen LogP contribution >= 0.6 is 0 Å². The van der Waals surface area contributed by atoms with Crippen LogP contribution in [0.15, 0.2) is 30.3 Å². The molecule has 2 rings (SSSR count). The molecule has 0 bridgehead atoms. The molecule has 0 amide bonds. The number of aromatic nitrogens is 1. The zero-order valence-electron chi connectivity index (χ0n) is 12.1. The van der Waals surface area contributed by atoms with Gasteiger partial charge in [-0.1, -0.05) is 32.0 Å². The summed E-state index contributed by atoms with van der Waals surface area (Å²) in [6, 6.07) is 8.36. The second kappa shape index (κ2) is 5.43. The van der Waals surface area contributed by atoms with E-state index in [1.165, 1.54) is 22.2 Å². The van der Waals surface area contributed by atoms with Crippen molar-refractivity contribution in [3.8, 4) is 0 Å². The summed E-state index contributed by atoms with van der Waals surface area (Å²) < 4.78 is 2.25. The number of carbonyl (C=O) groups excluding carboxylic acids is 1. The van der Waals surface area contributed by atoms with E-state index in [1.54, 1.807) is 13.0 Å². The minimum Gasteiger partial charge on any atom is -0.347 e. The van der Waals surface area contributed by atoms with Crippen molar-refractivity contribution in [2.45, 2.75) is 33.1 Å². The van der Waals surface area contributed by atoms with E-state index in [2.05, 4.69) is 43.7 Å². The summed E-state index contributed by atoms with van der Waals surface area (Å²) in [7, 11) is 2.11. The van der Waals surface area contributed by atoms with Crippen LogP contribution in [0.4, 0.5) is 0 Å². The number of benzene rings is 1. The van der Waals surface area contributed by atoms with Gasteiger partial charge in [-0.15, -0.1) is 0 Å². The molecule has 19 heavy (non-hydrogen) atoms. The summed E-state index contributed by atoms with van der Waals surface area (Å²) in [5.74, 6) is 0.562. The second-order valence-electron chi connectivity index (χ2n) is 5.13. The lowest BCUT2D eigenvalue weighted by molar-refractivity contribution is -0.112. The summed E-state index contributed by atoms with van der Waals surface area (Å²) in [6.07, 6.45) is 4.71. The number of para-hydroxylation sites is 1. The smallest absolute Gasteiger partial charge is 0.152 e. The number of carbonyl (C=O) groups is 1. The van der Waals surface area contributed by atoms with Crippen molar-refractivity contribution < 1.29 is 4.79 Å². The van der Waals surface area contributed by atoms with Crippen molar-refractivity contribution in [2.75, 3.05) is 0 Å². The number of nitrogens with zero attached hydrogens (tertiary/aromatic N) is 1. The van der Waals surface area contributed by atoms with Crippen molar-refractivity contribution in [1.29, 1.82) is 0 Å². The van der Waals surface area contributed by atoms with Crippen LogP contribution in [-0.4, -0.2) is 10.4 Å². The summed E-state index contributed by atoms with van der Waals surface area (Å²) in [4.78, 5) is 11.2. The average Bonchev–Trinajstić information content (AvgIpc) is 2.69. The number of allylic oxidation sites excluding steroid dienone is 1. The van der Waals surface area contributed by atoms with E-state index < -0.39 is 0 Å². The Bertz CT molecular complexity index is 634. The predicted octanol–water partition coefficient (Wildman–Crippen LogP) is 4.29. The molecule has 2 nitrogen and oxygen atoms in total. The standard InChI is InChI=1S/C17H21NO/c1-5-12(2)17-15(11-10-13(3)19)14-8-6-7-9-16(14)18(17)4/h6-12H,5H2,1-4H3. The van der Waals surface area contributed by atoms with Crippen LogP contribution in [0, 0.1) is 0 Å². The Hall–Kier alpha value is -1.83. The van der Waals surface area contributed by atoms with Crippen LogP contribution in [0.2, 0.25) is 0 Å². The third-order valence-electron chi connectivity index (χ3n) is 3.76. The first-order valence-corrected chi connectivity index (χ1v) is 6.82. The summed E-state index contributed by atoms with van der Waals surface area (Å²) in [5.41, 5.74) is 3.71. The lowest BCUT2D eigenvalue weighted by atomic mass is 9.99. The SMILES string of the molecule is CCC(C)c1c(C=CC(C)=O)c2ccccc2n1C. The molecular formula is C17H21NO. The Labute approximate surface area is 114 Å². The Kier molecular flexibility index (Phi) is 3.89. The highest BCUT2D eigenvalue weighted by Crippen LogP contribution is 2.32. The molecular weight excluding hydrogens is 234 g/mol. The maximum atomic E-state index is 11.2. The molecule has 1 atom stereocenters. The summed E-state index contributed by atoms with van der Waals surface area (Å²) >= 11 is 0. The molecule has 0 N–H and O–H groups in total. The second-order valence-corrected chi connectivity index (χ2v) is 5.13. The molecule has 0 saturated heterocycles. The first kappa shape index (κ1) is 13.6. The molecule has 100 valence electrons. The minimum atomic E-state index is 0.0861. The molecule has 0 spiro atoms. The van der Waals surface area contributed by atoms with Crippen molar-refractivity contribution in [1.82, 2.24) is 4.57 Å². The Balaban J connectivity index is 2.73. The van der Waals surface area contributed by atoms with Crippen LogP contribution in [0.1, 0.15) is 44.4 Å². The van der Waals surface area contributed by atoms with E-state index in [0.717, 1.165) is 6.42 Å². The van der Waals surface area contributed by atoms with Crippen molar-refractivity contribution in [3.63, 3.8) is 0 Å². The topological polar surface area (TPSA) is 22.0 Å². The molecule has 2 heteroatoms. The fraction of sp³-hybridized carbons (Fsp3) is 0.353. The monoisotopic (exact) mass is 255 g/mol. The zero-order valence-corrected chi connectivity index (χ0v) is 12.1. The average molecular weight is 255 g/mol. The van der Waals surface area contributed by atoms with Crippen molar-refractivity contribution in [2.24, 2.45) is 7.05 Å². The number of ketones is 1. The van der Waals surface area contributed by atoms with Crippen LogP contribution < -0.4 is 0 Å². The van der Waals surface area contributed by atoms with Gasteiger partial charge in [-0.05, 0) is 37.5 Å². The number of aryl methyl sites for hydroxylation is 1. The van der Waals surface area contributed by atoms with Crippen LogP contribution in [0.5, 0.6) is 0 Å². The molecule has 1 aromatic heterocycles. The lowest BCUT2D eigenvalue weighted by Gasteiger charge is -2.12.